The first kappa shape index (κ1) is 20.9. The molecule has 0 fully saturated rings. The van der Waals surface area contributed by atoms with E-state index in [9.17, 15) is 0 Å². The number of nitrogens with zero attached hydrogens (tertiary/aromatic N) is 5. The van der Waals surface area contributed by atoms with Gasteiger partial charge in [-0.1, -0.05) is 83.2 Å². The van der Waals surface area contributed by atoms with E-state index in [-0.39, 0.29) is 0 Å². The van der Waals surface area contributed by atoms with E-state index < -0.39 is 0 Å². The fourth-order valence-electron chi connectivity index (χ4n) is 5.54. The number of hydrogen-bond acceptors (Lipinski definition) is 2. The van der Waals surface area contributed by atoms with Crippen molar-refractivity contribution in [3.05, 3.63) is 134 Å². The third-order valence-corrected chi connectivity index (χ3v) is 7.18. The highest BCUT2D eigenvalue weighted by atomic mass is 15.1. The molecular formula is C33H21N5. The molecule has 8 aromatic rings. The fourth-order valence-corrected chi connectivity index (χ4v) is 5.54. The van der Waals surface area contributed by atoms with Gasteiger partial charge in [0, 0.05) is 40.3 Å². The van der Waals surface area contributed by atoms with Gasteiger partial charge < -0.3 is 9.13 Å². The second-order valence-corrected chi connectivity index (χ2v) is 9.32. The standard InChI is InChI=1S/C33H21N5/c1-4-13-27-23(10-1)24-11-2-5-14-28(24)37(27)33-18-9-17-32(35-33)36-21-19-26-25-12-3-6-15-29(25)38(30(26)22-36)31-16-7-8-20-34-31/h1-21H. The molecular weight excluding hydrogens is 466 g/mol. The van der Waals surface area contributed by atoms with E-state index in [4.69, 9.17) is 4.98 Å². The summed E-state index contributed by atoms with van der Waals surface area (Å²) in [4.78, 5) is 9.76. The van der Waals surface area contributed by atoms with Crippen molar-refractivity contribution in [3.63, 3.8) is 0 Å². The van der Waals surface area contributed by atoms with Gasteiger partial charge in [0.2, 0.25) is 5.82 Å². The van der Waals surface area contributed by atoms with E-state index in [1.165, 1.54) is 16.2 Å². The molecule has 178 valence electrons. The van der Waals surface area contributed by atoms with Gasteiger partial charge in [0.1, 0.15) is 5.82 Å². The van der Waals surface area contributed by atoms with Crippen LogP contribution in [-0.2, 0) is 0 Å². The number of rotatable bonds is 3. The molecule has 5 heterocycles. The number of pyridine rings is 3. The molecule has 0 saturated heterocycles. The topological polar surface area (TPSA) is 39.5 Å². The van der Waals surface area contributed by atoms with Crippen LogP contribution in [0.2, 0.25) is 0 Å². The Hall–Kier alpha value is -5.29. The van der Waals surface area contributed by atoms with E-state index in [0.717, 1.165) is 44.9 Å². The molecule has 0 saturated carbocycles. The zero-order chi connectivity index (χ0) is 25.1. The summed E-state index contributed by atoms with van der Waals surface area (Å²) in [6.45, 7) is 0. The summed E-state index contributed by atoms with van der Waals surface area (Å²) in [5.74, 6) is 2.52. The molecule has 38 heavy (non-hydrogen) atoms. The van der Waals surface area contributed by atoms with Crippen molar-refractivity contribution in [1.82, 2.24) is 19.1 Å². The summed E-state index contributed by atoms with van der Waals surface area (Å²) in [6, 6.07) is 39.6. The van der Waals surface area contributed by atoms with E-state index in [1.54, 1.807) is 0 Å². The Morgan fingerprint density at radius 1 is 0.526 bits per heavy atom. The van der Waals surface area contributed by atoms with Crippen LogP contribution in [-0.4, -0.2) is 19.1 Å². The summed E-state index contributed by atoms with van der Waals surface area (Å²) in [5.41, 5.74) is 4.33. The van der Waals surface area contributed by atoms with Gasteiger partial charge in [0.15, 0.2) is 0 Å². The molecule has 0 amide bonds. The number of fused-ring (bicyclic) bond motifs is 6. The maximum atomic E-state index is 5.12. The first-order chi connectivity index (χ1) is 18.9. The third-order valence-electron chi connectivity index (χ3n) is 7.18. The zero-order valence-corrected chi connectivity index (χ0v) is 20.4. The summed E-state index contributed by atoms with van der Waals surface area (Å²) in [6.07, 6.45) is 7.47. The van der Waals surface area contributed by atoms with Crippen LogP contribution in [0.4, 0.5) is 0 Å². The summed E-state index contributed by atoms with van der Waals surface area (Å²) in [5, 5.41) is 4.73. The van der Waals surface area contributed by atoms with Crippen LogP contribution in [0.5, 0.6) is 0 Å². The molecule has 0 N–H and O–H groups in total. The number of hydrogen-bond donors (Lipinski definition) is 0. The van der Waals surface area contributed by atoms with Gasteiger partial charge in [-0.05, 0) is 41.8 Å². The highest BCUT2D eigenvalue weighted by Gasteiger charge is 2.16. The lowest BCUT2D eigenvalue weighted by molar-refractivity contribution is -0.602. The van der Waals surface area contributed by atoms with Crippen LogP contribution in [0.1, 0.15) is 0 Å². The molecule has 0 bridgehead atoms. The second kappa shape index (κ2) is 8.11. The Labute approximate surface area is 218 Å². The molecule has 5 heteroatoms. The third kappa shape index (κ3) is 3.02. The van der Waals surface area contributed by atoms with Crippen molar-refractivity contribution >= 4 is 43.6 Å². The van der Waals surface area contributed by atoms with Gasteiger partial charge in [-0.2, -0.15) is 0 Å². The van der Waals surface area contributed by atoms with Gasteiger partial charge in [-0.3, -0.25) is 4.57 Å². The van der Waals surface area contributed by atoms with E-state index in [0.29, 0.717) is 0 Å². The Morgan fingerprint density at radius 2 is 1.13 bits per heavy atom. The van der Waals surface area contributed by atoms with Crippen molar-refractivity contribution in [3.8, 4) is 17.5 Å². The van der Waals surface area contributed by atoms with Crippen LogP contribution in [0.3, 0.4) is 0 Å². The highest BCUT2D eigenvalue weighted by Crippen LogP contribution is 2.32. The molecule has 0 aliphatic rings. The average molecular weight is 488 g/mol. The Balaban J connectivity index is 1.36. The summed E-state index contributed by atoms with van der Waals surface area (Å²) >= 11 is 0. The molecule has 0 aliphatic carbocycles. The molecule has 5 aromatic heterocycles. The lowest BCUT2D eigenvalue weighted by Crippen LogP contribution is -2.32. The Bertz CT molecular complexity index is 2080. The maximum absolute atomic E-state index is 5.12. The van der Waals surface area contributed by atoms with E-state index in [2.05, 4.69) is 111 Å². The van der Waals surface area contributed by atoms with Crippen molar-refractivity contribution in [2.45, 2.75) is 0 Å². The van der Waals surface area contributed by atoms with Crippen LogP contribution >= 0.6 is 0 Å². The van der Waals surface area contributed by atoms with Crippen molar-refractivity contribution < 1.29 is 4.57 Å². The summed E-state index contributed by atoms with van der Waals surface area (Å²) < 4.78 is 6.37. The lowest BCUT2D eigenvalue weighted by atomic mass is 10.2. The van der Waals surface area contributed by atoms with Crippen molar-refractivity contribution in [2.75, 3.05) is 0 Å². The number of para-hydroxylation sites is 3. The SMILES string of the molecule is [c-]1c2c(cc[n+]1-c1cccc(-n3c4ccccc4c4ccccc43)n1)c1ccccc1n2-c1ccccn1. The van der Waals surface area contributed by atoms with Crippen LogP contribution in [0, 0.1) is 6.20 Å². The zero-order valence-electron chi connectivity index (χ0n) is 20.4. The predicted octanol–water partition coefficient (Wildman–Crippen LogP) is 6.75. The maximum Gasteiger partial charge on any atom is 0.250 e. The van der Waals surface area contributed by atoms with E-state index in [1.807, 2.05) is 41.2 Å². The average Bonchev–Trinajstić information content (AvgIpc) is 3.50. The van der Waals surface area contributed by atoms with Crippen LogP contribution in [0.15, 0.2) is 128 Å². The molecule has 8 rings (SSSR count). The number of aromatic nitrogens is 5. The second-order valence-electron chi connectivity index (χ2n) is 9.32. The first-order valence-corrected chi connectivity index (χ1v) is 12.6. The molecule has 3 aromatic carbocycles. The van der Waals surface area contributed by atoms with Crippen molar-refractivity contribution in [1.29, 1.82) is 0 Å². The molecule has 0 spiro atoms. The minimum Gasteiger partial charge on any atom is -0.320 e. The van der Waals surface area contributed by atoms with Crippen LogP contribution < -0.4 is 4.57 Å². The molecule has 5 nitrogen and oxygen atoms in total. The van der Waals surface area contributed by atoms with Gasteiger partial charge in [-0.25, -0.2) is 4.98 Å². The molecule has 0 unspecified atom stereocenters. The largest absolute Gasteiger partial charge is 0.320 e. The molecule has 0 atom stereocenters. The quantitative estimate of drug-likeness (QED) is 0.204. The normalized spacial score (nSPS) is 11.7. The van der Waals surface area contributed by atoms with Crippen molar-refractivity contribution in [2.24, 2.45) is 0 Å². The lowest BCUT2D eigenvalue weighted by Gasteiger charge is -2.10. The first-order valence-electron chi connectivity index (χ1n) is 12.6. The Kier molecular flexibility index (Phi) is 4.45. The highest BCUT2D eigenvalue weighted by molar-refractivity contribution is 6.09. The van der Waals surface area contributed by atoms with Crippen LogP contribution in [0.25, 0.3) is 61.1 Å². The van der Waals surface area contributed by atoms with E-state index >= 15 is 0 Å². The monoisotopic (exact) mass is 487 g/mol. The van der Waals surface area contributed by atoms with Gasteiger partial charge in [0.25, 0.3) is 5.82 Å². The Morgan fingerprint density at radius 3 is 1.82 bits per heavy atom. The van der Waals surface area contributed by atoms with Gasteiger partial charge in [0.05, 0.1) is 17.2 Å². The fraction of sp³-hybridized carbons (Fsp3) is 0. The smallest absolute Gasteiger partial charge is 0.250 e. The minimum atomic E-state index is 0.795. The number of benzene rings is 3. The minimum absolute atomic E-state index is 0.795. The van der Waals surface area contributed by atoms with Gasteiger partial charge >= 0.3 is 0 Å². The molecule has 0 aliphatic heterocycles. The molecule has 0 radical (unpaired) electrons. The van der Waals surface area contributed by atoms with Gasteiger partial charge in [-0.15, -0.1) is 0 Å². The predicted molar refractivity (Wildman–Crippen MR) is 151 cm³/mol. The summed E-state index contributed by atoms with van der Waals surface area (Å²) in [7, 11) is 0.